The van der Waals surface area contributed by atoms with Gasteiger partial charge in [-0.2, -0.15) is 0 Å². The second kappa shape index (κ2) is 20.3. The lowest BCUT2D eigenvalue weighted by molar-refractivity contribution is -0.187. The van der Waals surface area contributed by atoms with E-state index in [0.717, 1.165) is 70.6 Å². The molecule has 0 amide bonds. The number of rotatable bonds is 23. The highest BCUT2D eigenvalue weighted by molar-refractivity contribution is 6.00. The number of carbonyl (C=O) groups excluding carboxylic acids is 2. The van der Waals surface area contributed by atoms with Crippen molar-refractivity contribution >= 4 is 17.9 Å². The number of unbranched alkanes of at least 4 members (excludes halogenated alkanes) is 15. The number of ether oxygens (including phenoxy) is 2. The molecule has 0 aromatic rings. The highest BCUT2D eigenvalue weighted by atomic mass is 16.6. The number of hydrogen-bond donors (Lipinski definition) is 1. The van der Waals surface area contributed by atoms with Gasteiger partial charge < -0.3 is 14.6 Å². The van der Waals surface area contributed by atoms with E-state index in [2.05, 4.69) is 6.92 Å². The van der Waals surface area contributed by atoms with Crippen molar-refractivity contribution in [3.63, 3.8) is 0 Å². The summed E-state index contributed by atoms with van der Waals surface area (Å²) in [5, 5.41) is 8.74. The Morgan fingerprint density at radius 3 is 1.13 bits per heavy atom. The van der Waals surface area contributed by atoms with E-state index in [-0.39, 0.29) is 6.42 Å². The molecule has 0 aliphatic heterocycles. The fourth-order valence-corrected chi connectivity index (χ4v) is 4.87. The highest BCUT2D eigenvalue weighted by Gasteiger charge is 2.50. The second-order valence-corrected chi connectivity index (χ2v) is 13.4. The normalized spacial score (nSPS) is 12.4. The zero-order valence-electron chi connectivity index (χ0n) is 26.6. The van der Waals surface area contributed by atoms with Crippen molar-refractivity contribution in [3.05, 3.63) is 0 Å². The molecule has 6 heteroatoms. The lowest BCUT2D eigenvalue weighted by Gasteiger charge is -2.35. The smallest absolute Gasteiger partial charge is 0.324 e. The largest absolute Gasteiger partial charge is 0.481 e. The van der Waals surface area contributed by atoms with Crippen LogP contribution in [0, 0.1) is 5.41 Å². The molecule has 0 heterocycles. The molecule has 0 saturated carbocycles. The molecule has 230 valence electrons. The van der Waals surface area contributed by atoms with E-state index in [0.29, 0.717) is 12.8 Å². The van der Waals surface area contributed by atoms with Gasteiger partial charge in [-0.05, 0) is 60.8 Å². The predicted molar refractivity (Wildman–Crippen MR) is 160 cm³/mol. The molecule has 0 unspecified atom stereocenters. The lowest BCUT2D eigenvalue weighted by Crippen LogP contribution is -2.46. The van der Waals surface area contributed by atoms with Gasteiger partial charge in [0.05, 0.1) is 0 Å². The van der Waals surface area contributed by atoms with E-state index in [1.807, 2.05) is 41.5 Å². The molecule has 39 heavy (non-hydrogen) atoms. The molecule has 0 spiro atoms. The molecule has 1 N–H and O–H groups in total. The minimum atomic E-state index is -1.27. The summed E-state index contributed by atoms with van der Waals surface area (Å²) in [6.45, 7) is 13.3. The van der Waals surface area contributed by atoms with Crippen molar-refractivity contribution in [3.8, 4) is 0 Å². The minimum Gasteiger partial charge on any atom is -0.481 e. The Bertz CT molecular complexity index is 643. The van der Waals surface area contributed by atoms with Crippen LogP contribution >= 0.6 is 0 Å². The third-order valence-corrected chi connectivity index (χ3v) is 7.03. The topological polar surface area (TPSA) is 89.9 Å². The van der Waals surface area contributed by atoms with E-state index in [9.17, 15) is 14.4 Å². The molecule has 0 rings (SSSR count). The third kappa shape index (κ3) is 20.0. The number of esters is 2. The Labute approximate surface area is 240 Å². The number of carboxylic acids is 1. The Morgan fingerprint density at radius 1 is 0.513 bits per heavy atom. The zero-order valence-corrected chi connectivity index (χ0v) is 26.6. The predicted octanol–water partition coefficient (Wildman–Crippen LogP) is 9.56. The number of carboxylic acid groups (broad SMARTS) is 1. The van der Waals surface area contributed by atoms with Gasteiger partial charge in [0.1, 0.15) is 11.2 Å². The van der Waals surface area contributed by atoms with Gasteiger partial charge >= 0.3 is 17.9 Å². The first-order chi connectivity index (χ1) is 18.2. The number of aliphatic carboxylic acids is 1. The molecule has 0 aliphatic rings. The molecule has 0 bridgehead atoms. The summed E-state index contributed by atoms with van der Waals surface area (Å²) in [7, 11) is 0. The summed E-state index contributed by atoms with van der Waals surface area (Å²) in [6.07, 6.45) is 19.4. The average Bonchev–Trinajstić information content (AvgIpc) is 2.80. The molecule has 0 fully saturated rings. The molecule has 0 aromatic heterocycles. The van der Waals surface area contributed by atoms with Crippen molar-refractivity contribution in [1.29, 1.82) is 0 Å². The van der Waals surface area contributed by atoms with Gasteiger partial charge in [0.2, 0.25) is 0 Å². The second-order valence-electron chi connectivity index (χ2n) is 13.4. The molecule has 0 aliphatic carbocycles. The monoisotopic (exact) mass is 554 g/mol. The van der Waals surface area contributed by atoms with Crippen LogP contribution in [-0.4, -0.2) is 34.2 Å². The van der Waals surface area contributed by atoms with Crippen molar-refractivity contribution in [2.75, 3.05) is 0 Å². The van der Waals surface area contributed by atoms with Crippen LogP contribution in [-0.2, 0) is 23.9 Å². The van der Waals surface area contributed by atoms with Crippen LogP contribution < -0.4 is 0 Å². The first-order valence-electron chi connectivity index (χ1n) is 15.9. The molecular weight excluding hydrogens is 492 g/mol. The van der Waals surface area contributed by atoms with Crippen LogP contribution in [0.3, 0.4) is 0 Å². The van der Waals surface area contributed by atoms with E-state index in [1.165, 1.54) is 38.5 Å². The van der Waals surface area contributed by atoms with E-state index >= 15 is 0 Å². The number of carbonyl (C=O) groups is 3. The number of hydrogen-bond acceptors (Lipinski definition) is 5. The van der Waals surface area contributed by atoms with Gasteiger partial charge in [-0.3, -0.25) is 14.4 Å². The first kappa shape index (κ1) is 37.4. The fraction of sp³-hybridized carbons (Fsp3) is 0.909. The lowest BCUT2D eigenvalue weighted by atomic mass is 9.77. The van der Waals surface area contributed by atoms with E-state index in [4.69, 9.17) is 14.6 Å². The van der Waals surface area contributed by atoms with Crippen molar-refractivity contribution < 1.29 is 29.0 Å². The van der Waals surface area contributed by atoms with Crippen LogP contribution in [0.25, 0.3) is 0 Å². The van der Waals surface area contributed by atoms with Gasteiger partial charge in [-0.25, -0.2) is 0 Å². The zero-order chi connectivity index (χ0) is 29.8. The summed E-state index contributed by atoms with van der Waals surface area (Å²) in [6, 6.07) is 0. The van der Waals surface area contributed by atoms with Crippen molar-refractivity contribution in [2.45, 2.75) is 188 Å². The molecule has 0 radical (unpaired) electrons. The summed E-state index contributed by atoms with van der Waals surface area (Å²) in [5.41, 5.74) is -2.62. The summed E-state index contributed by atoms with van der Waals surface area (Å²) >= 11 is 0. The maximum atomic E-state index is 13.6. The standard InChI is InChI=1S/C33H62O6/c1-8-9-10-11-12-14-17-20-23-26-33(29(36)38-31(2,3)4,30(37)39-32(5,6)7)27-24-21-18-15-13-16-19-22-25-28(34)35/h8-27H2,1-7H3,(H,34,35). The molecule has 0 saturated heterocycles. The Morgan fingerprint density at radius 2 is 0.821 bits per heavy atom. The van der Waals surface area contributed by atoms with Crippen LogP contribution in [0.1, 0.15) is 177 Å². The highest BCUT2D eigenvalue weighted by Crippen LogP contribution is 2.38. The van der Waals surface area contributed by atoms with Gasteiger partial charge in [-0.1, -0.05) is 110 Å². The Hall–Kier alpha value is -1.59. The maximum Gasteiger partial charge on any atom is 0.324 e. The maximum absolute atomic E-state index is 13.6. The molecule has 6 nitrogen and oxygen atoms in total. The Balaban J connectivity index is 5.11. The molecule has 0 aromatic carbocycles. The fourth-order valence-electron chi connectivity index (χ4n) is 4.87. The SMILES string of the molecule is CCCCCCCCCCCC(CCCCCCCCCCC(=O)O)(C(=O)OC(C)(C)C)C(=O)OC(C)(C)C. The summed E-state index contributed by atoms with van der Waals surface area (Å²) in [5.74, 6) is -1.61. The first-order valence-corrected chi connectivity index (χ1v) is 15.9. The quantitative estimate of drug-likeness (QED) is 0.0768. The molecular formula is C33H62O6. The van der Waals surface area contributed by atoms with Gasteiger partial charge in [0, 0.05) is 6.42 Å². The van der Waals surface area contributed by atoms with E-state index in [1.54, 1.807) is 0 Å². The van der Waals surface area contributed by atoms with Crippen molar-refractivity contribution in [2.24, 2.45) is 5.41 Å². The minimum absolute atomic E-state index is 0.246. The van der Waals surface area contributed by atoms with Crippen molar-refractivity contribution in [1.82, 2.24) is 0 Å². The van der Waals surface area contributed by atoms with Crippen LogP contribution in [0.5, 0.6) is 0 Å². The van der Waals surface area contributed by atoms with Gasteiger partial charge in [0.15, 0.2) is 5.41 Å². The summed E-state index contributed by atoms with van der Waals surface area (Å²) in [4.78, 5) is 37.9. The van der Waals surface area contributed by atoms with E-state index < -0.39 is 34.5 Å². The Kier molecular flexibility index (Phi) is 19.5. The van der Waals surface area contributed by atoms with Crippen LogP contribution in [0.4, 0.5) is 0 Å². The van der Waals surface area contributed by atoms with Crippen LogP contribution in [0.15, 0.2) is 0 Å². The summed E-state index contributed by atoms with van der Waals surface area (Å²) < 4.78 is 11.7. The van der Waals surface area contributed by atoms with Gasteiger partial charge in [0.25, 0.3) is 0 Å². The molecule has 0 atom stereocenters. The third-order valence-electron chi connectivity index (χ3n) is 7.03. The van der Waals surface area contributed by atoms with Gasteiger partial charge in [-0.15, -0.1) is 0 Å². The van der Waals surface area contributed by atoms with Crippen LogP contribution in [0.2, 0.25) is 0 Å². The average molecular weight is 555 g/mol.